The Bertz CT molecular complexity index is 448. The van der Waals surface area contributed by atoms with Crippen LogP contribution in [0.5, 0.6) is 5.75 Å². The molecule has 0 aliphatic carbocycles. The van der Waals surface area contributed by atoms with E-state index in [9.17, 15) is 9.59 Å². The van der Waals surface area contributed by atoms with Crippen LogP contribution in [0.2, 0.25) is 0 Å². The first-order chi connectivity index (χ1) is 9.56. The van der Waals surface area contributed by atoms with E-state index in [1.807, 2.05) is 13.8 Å². The number of hydrogen-bond acceptors (Lipinski definition) is 4. The zero-order valence-corrected chi connectivity index (χ0v) is 12.5. The maximum absolute atomic E-state index is 11.8. The van der Waals surface area contributed by atoms with Gasteiger partial charge >= 0.3 is 0 Å². The van der Waals surface area contributed by atoms with Crippen molar-refractivity contribution in [2.75, 3.05) is 17.7 Å². The number of amides is 2. The third kappa shape index (κ3) is 5.52. The lowest BCUT2D eigenvalue weighted by Crippen LogP contribution is -2.27. The largest absolute Gasteiger partial charge is 0.494 e. The Kier molecular flexibility index (Phi) is 6.93. The summed E-state index contributed by atoms with van der Waals surface area (Å²) in [6, 6.07) is 7.15. The molecule has 3 N–H and O–H groups in total. The molecule has 0 saturated carbocycles. The molecule has 20 heavy (non-hydrogen) atoms. The summed E-state index contributed by atoms with van der Waals surface area (Å²) in [5.74, 6) is 0.430. The van der Waals surface area contributed by atoms with Crippen molar-refractivity contribution in [2.24, 2.45) is 5.73 Å². The molecule has 0 radical (unpaired) electrons. The van der Waals surface area contributed by atoms with Gasteiger partial charge in [-0.1, -0.05) is 6.92 Å². The lowest BCUT2D eigenvalue weighted by atomic mass is 10.3. The van der Waals surface area contributed by atoms with E-state index >= 15 is 0 Å². The molecular formula is C14H20N2O3S. The second-order valence-corrected chi connectivity index (χ2v) is 5.31. The summed E-state index contributed by atoms with van der Waals surface area (Å²) in [5.41, 5.74) is 5.93. The van der Waals surface area contributed by atoms with E-state index in [2.05, 4.69) is 5.32 Å². The van der Waals surface area contributed by atoms with E-state index in [1.54, 1.807) is 24.3 Å². The van der Waals surface area contributed by atoms with Crippen molar-refractivity contribution in [3.63, 3.8) is 0 Å². The highest BCUT2D eigenvalue weighted by Crippen LogP contribution is 2.17. The molecule has 0 bridgehead atoms. The molecule has 0 heterocycles. The smallest absolute Gasteiger partial charge is 0.234 e. The Labute approximate surface area is 123 Å². The lowest BCUT2D eigenvalue weighted by molar-refractivity contribution is -0.117. The molecule has 0 aromatic heterocycles. The minimum absolute atomic E-state index is 0.154. The fourth-order valence-electron chi connectivity index (χ4n) is 1.58. The third-order valence-corrected chi connectivity index (χ3v) is 3.95. The second kappa shape index (κ2) is 8.47. The van der Waals surface area contributed by atoms with Crippen molar-refractivity contribution in [3.8, 4) is 5.75 Å². The second-order valence-electron chi connectivity index (χ2n) is 4.12. The number of rotatable bonds is 8. The summed E-state index contributed by atoms with van der Waals surface area (Å²) in [6.07, 6.45) is 0.621. The fraction of sp³-hybridized carbons (Fsp3) is 0.429. The Hall–Kier alpha value is -1.69. The zero-order valence-electron chi connectivity index (χ0n) is 11.7. The van der Waals surface area contributed by atoms with Crippen LogP contribution in [0.25, 0.3) is 0 Å². The van der Waals surface area contributed by atoms with E-state index in [1.165, 1.54) is 11.8 Å². The molecule has 0 spiro atoms. The molecule has 5 nitrogen and oxygen atoms in total. The number of carbonyl (C=O) groups excluding carboxylic acids is 2. The molecule has 0 saturated heterocycles. The van der Waals surface area contributed by atoms with E-state index in [0.29, 0.717) is 18.7 Å². The highest BCUT2D eigenvalue weighted by atomic mass is 32.2. The number of carbonyl (C=O) groups is 2. The number of nitrogens with two attached hydrogens (primary N) is 1. The van der Waals surface area contributed by atoms with Gasteiger partial charge in [0.25, 0.3) is 0 Å². The number of thioether (sulfide) groups is 1. The first kappa shape index (κ1) is 16.4. The number of anilines is 1. The van der Waals surface area contributed by atoms with Gasteiger partial charge in [0.05, 0.1) is 17.6 Å². The monoisotopic (exact) mass is 296 g/mol. The molecule has 6 heteroatoms. The van der Waals surface area contributed by atoms with Gasteiger partial charge in [0.1, 0.15) is 5.75 Å². The Morgan fingerprint density at radius 2 is 1.95 bits per heavy atom. The Balaban J connectivity index is 2.43. The molecule has 1 unspecified atom stereocenters. The quantitative estimate of drug-likeness (QED) is 0.769. The normalized spacial score (nSPS) is 11.7. The fourth-order valence-corrected chi connectivity index (χ4v) is 2.40. The van der Waals surface area contributed by atoms with Crippen LogP contribution < -0.4 is 15.8 Å². The summed E-state index contributed by atoms with van der Waals surface area (Å²) in [6.45, 7) is 4.39. The molecule has 1 aromatic rings. The zero-order chi connectivity index (χ0) is 15.0. The lowest BCUT2D eigenvalue weighted by Gasteiger charge is -2.10. The van der Waals surface area contributed by atoms with Gasteiger partial charge in [-0.15, -0.1) is 11.8 Å². The summed E-state index contributed by atoms with van der Waals surface area (Å²) in [7, 11) is 0. The Morgan fingerprint density at radius 3 is 2.45 bits per heavy atom. The number of primary amides is 1. The standard InChI is InChI=1S/C14H20N2O3S/c1-3-12(14(15)18)20-9-13(17)16-10-5-7-11(8-6-10)19-4-2/h5-8,12H,3-4,9H2,1-2H3,(H2,15,18)(H,16,17). The highest BCUT2D eigenvalue weighted by Gasteiger charge is 2.15. The molecule has 0 fully saturated rings. The van der Waals surface area contributed by atoms with E-state index in [4.69, 9.17) is 10.5 Å². The van der Waals surface area contributed by atoms with Crippen molar-refractivity contribution in [3.05, 3.63) is 24.3 Å². The molecule has 1 rings (SSSR count). The average molecular weight is 296 g/mol. The molecule has 0 aliphatic heterocycles. The van der Waals surface area contributed by atoms with Crippen LogP contribution >= 0.6 is 11.8 Å². The van der Waals surface area contributed by atoms with Crippen LogP contribution in [0.1, 0.15) is 20.3 Å². The molecule has 0 aliphatic rings. The van der Waals surface area contributed by atoms with E-state index in [-0.39, 0.29) is 22.8 Å². The van der Waals surface area contributed by atoms with Gasteiger partial charge in [0.2, 0.25) is 11.8 Å². The van der Waals surface area contributed by atoms with E-state index < -0.39 is 0 Å². The number of hydrogen-bond donors (Lipinski definition) is 2. The van der Waals surface area contributed by atoms with Crippen LogP contribution in [0.15, 0.2) is 24.3 Å². The van der Waals surface area contributed by atoms with Crippen LogP contribution in [-0.4, -0.2) is 29.4 Å². The Morgan fingerprint density at radius 1 is 1.30 bits per heavy atom. The minimum atomic E-state index is -0.383. The average Bonchev–Trinajstić information content (AvgIpc) is 2.41. The van der Waals surface area contributed by atoms with Crippen LogP contribution in [-0.2, 0) is 9.59 Å². The van der Waals surface area contributed by atoms with Crippen molar-refractivity contribution < 1.29 is 14.3 Å². The van der Waals surface area contributed by atoms with Crippen molar-refractivity contribution in [1.29, 1.82) is 0 Å². The predicted octanol–water partition coefficient (Wildman–Crippen LogP) is 2.02. The first-order valence-corrected chi connectivity index (χ1v) is 7.55. The van der Waals surface area contributed by atoms with Crippen LogP contribution in [0.4, 0.5) is 5.69 Å². The first-order valence-electron chi connectivity index (χ1n) is 6.50. The maximum Gasteiger partial charge on any atom is 0.234 e. The van der Waals surface area contributed by atoms with Crippen molar-refractivity contribution in [1.82, 2.24) is 0 Å². The number of nitrogens with one attached hydrogen (secondary N) is 1. The van der Waals surface area contributed by atoms with Gasteiger partial charge < -0.3 is 15.8 Å². The van der Waals surface area contributed by atoms with Gasteiger partial charge in [-0.3, -0.25) is 9.59 Å². The maximum atomic E-state index is 11.8. The number of benzene rings is 1. The summed E-state index contributed by atoms with van der Waals surface area (Å²) < 4.78 is 5.32. The molecule has 1 atom stereocenters. The van der Waals surface area contributed by atoms with E-state index in [0.717, 1.165) is 5.75 Å². The van der Waals surface area contributed by atoms with Gasteiger partial charge in [-0.05, 0) is 37.6 Å². The van der Waals surface area contributed by atoms with Gasteiger partial charge in [0, 0.05) is 5.69 Å². The van der Waals surface area contributed by atoms with Crippen LogP contribution in [0, 0.1) is 0 Å². The van der Waals surface area contributed by atoms with Gasteiger partial charge in [-0.25, -0.2) is 0 Å². The molecule has 1 aromatic carbocycles. The highest BCUT2D eigenvalue weighted by molar-refractivity contribution is 8.01. The van der Waals surface area contributed by atoms with Gasteiger partial charge in [0.15, 0.2) is 0 Å². The molecule has 110 valence electrons. The number of ether oxygens (including phenoxy) is 1. The van der Waals surface area contributed by atoms with Gasteiger partial charge in [-0.2, -0.15) is 0 Å². The predicted molar refractivity (Wildman–Crippen MR) is 82.0 cm³/mol. The minimum Gasteiger partial charge on any atom is -0.494 e. The topological polar surface area (TPSA) is 81.4 Å². The van der Waals surface area contributed by atoms with Crippen molar-refractivity contribution in [2.45, 2.75) is 25.5 Å². The van der Waals surface area contributed by atoms with Crippen LogP contribution in [0.3, 0.4) is 0 Å². The third-order valence-electron chi connectivity index (χ3n) is 2.55. The van der Waals surface area contributed by atoms with Crippen molar-refractivity contribution >= 4 is 29.3 Å². The molecular weight excluding hydrogens is 276 g/mol. The SMILES string of the molecule is CCOc1ccc(NC(=O)CSC(CC)C(N)=O)cc1. The summed E-state index contributed by atoms with van der Waals surface area (Å²) >= 11 is 1.26. The molecule has 2 amide bonds. The summed E-state index contributed by atoms with van der Waals surface area (Å²) in [4.78, 5) is 22.8. The summed E-state index contributed by atoms with van der Waals surface area (Å²) in [5, 5.41) is 2.44.